The first-order valence-electron chi connectivity index (χ1n) is 1.56. The van der Waals surface area contributed by atoms with E-state index in [1.54, 1.807) is 0 Å². The Morgan fingerprint density at radius 1 is 1.38 bits per heavy atom. The highest BCUT2D eigenvalue weighted by molar-refractivity contribution is 7.47. The molecule has 0 aliphatic carbocycles. The van der Waals surface area contributed by atoms with Crippen molar-refractivity contribution in [2.45, 2.75) is 0 Å². The lowest BCUT2D eigenvalue weighted by Gasteiger charge is -2.01. The van der Waals surface area contributed by atoms with Crippen molar-refractivity contribution in [2.75, 3.05) is 14.2 Å². The minimum atomic E-state index is -3.65. The van der Waals surface area contributed by atoms with E-state index in [1.807, 2.05) is 0 Å². The first-order valence-corrected chi connectivity index (χ1v) is 3.06. The van der Waals surface area contributed by atoms with Crippen LogP contribution >= 0.6 is 7.82 Å². The van der Waals surface area contributed by atoms with Crippen molar-refractivity contribution in [2.24, 2.45) is 0 Å². The van der Waals surface area contributed by atoms with E-state index < -0.39 is 7.82 Å². The fourth-order valence-corrected chi connectivity index (χ4v) is 0.224. The second-order valence-corrected chi connectivity index (χ2v) is 2.50. The molecule has 48 valence electrons. The maximum atomic E-state index is 10.1. The Kier molecular flexibility index (Phi) is 6.88. The minimum absolute atomic E-state index is 0. The third-order valence-corrected chi connectivity index (χ3v) is 1.38. The van der Waals surface area contributed by atoms with Crippen molar-refractivity contribution in [1.29, 1.82) is 0 Å². The molecule has 0 fully saturated rings. The summed E-state index contributed by atoms with van der Waals surface area (Å²) in [6.45, 7) is 0. The van der Waals surface area contributed by atoms with Gasteiger partial charge in [-0.1, -0.05) is 0 Å². The number of hydrogen-bond acceptors (Lipinski definition) is 3. The summed E-state index contributed by atoms with van der Waals surface area (Å²) in [5.74, 6) is 0. The van der Waals surface area contributed by atoms with Gasteiger partial charge in [0.2, 0.25) is 0 Å². The third kappa shape index (κ3) is 5.02. The van der Waals surface area contributed by atoms with Gasteiger partial charge in [0.25, 0.3) is 0 Å². The second-order valence-electron chi connectivity index (χ2n) is 0.834. The van der Waals surface area contributed by atoms with Gasteiger partial charge in [-0.2, -0.15) is 0 Å². The lowest BCUT2D eigenvalue weighted by Crippen LogP contribution is -1.83. The fraction of sp³-hybridized carbons (Fsp3) is 1.00. The third-order valence-electron chi connectivity index (χ3n) is 0.461. The van der Waals surface area contributed by atoms with E-state index in [-0.39, 0.29) is 23.1 Å². The summed E-state index contributed by atoms with van der Waals surface area (Å²) < 4.78 is 18.0. The maximum Gasteiger partial charge on any atom is 0.471 e. The molecule has 8 heavy (non-hydrogen) atoms. The topological polar surface area (TPSA) is 55.8 Å². The molecule has 0 amide bonds. The first-order chi connectivity index (χ1) is 3.12. The molecule has 0 radical (unpaired) electrons. The smallest absolute Gasteiger partial charge is 0.303 e. The van der Waals surface area contributed by atoms with Crippen molar-refractivity contribution >= 4 is 30.9 Å². The number of hydrogen-bond donors (Lipinski definition) is 1. The Morgan fingerprint density at radius 2 is 1.62 bits per heavy atom. The van der Waals surface area contributed by atoms with Crippen LogP contribution in [-0.2, 0) is 13.6 Å². The number of rotatable bonds is 2. The van der Waals surface area contributed by atoms with E-state index >= 15 is 0 Å². The van der Waals surface area contributed by atoms with Gasteiger partial charge in [-0.15, -0.1) is 0 Å². The molecule has 0 spiro atoms. The molecule has 0 rings (SSSR count). The van der Waals surface area contributed by atoms with E-state index in [2.05, 4.69) is 9.05 Å². The molecule has 1 N–H and O–H groups in total. The van der Waals surface area contributed by atoms with Gasteiger partial charge in [0, 0.05) is 14.2 Å². The van der Waals surface area contributed by atoms with Crippen LogP contribution < -0.4 is 0 Å². The van der Waals surface area contributed by atoms with Crippen molar-refractivity contribution in [3.05, 3.63) is 0 Å². The Bertz CT molecular complexity index is 86.0. The fourth-order valence-electron chi connectivity index (χ4n) is 0.0745. The molecule has 0 aromatic rings. The lowest BCUT2D eigenvalue weighted by atomic mass is 11.8. The second kappa shape index (κ2) is 4.73. The van der Waals surface area contributed by atoms with Crippen LogP contribution in [-0.4, -0.2) is 42.2 Å². The molecule has 4 nitrogen and oxygen atoms in total. The zero-order valence-electron chi connectivity index (χ0n) is 4.12. The molecule has 0 aliphatic heterocycles. The zero-order chi connectivity index (χ0) is 5.91. The maximum absolute atomic E-state index is 10.1. The van der Waals surface area contributed by atoms with Gasteiger partial charge in [0.15, 0.2) is 0 Å². The van der Waals surface area contributed by atoms with Crippen LogP contribution in [0.15, 0.2) is 0 Å². The van der Waals surface area contributed by atoms with Crippen LogP contribution in [0.4, 0.5) is 0 Å². The van der Waals surface area contributed by atoms with E-state index in [4.69, 9.17) is 4.89 Å². The Morgan fingerprint density at radius 3 is 1.62 bits per heavy atom. The zero-order valence-corrected chi connectivity index (χ0v) is 5.01. The molecule has 0 saturated heterocycles. The molecule has 0 heterocycles. The van der Waals surface area contributed by atoms with Gasteiger partial charge in [0.1, 0.15) is 0 Å². The highest BCUT2D eigenvalue weighted by atomic mass is 31.2. The molecule has 0 aliphatic rings. The average molecular weight is 152 g/mol. The quantitative estimate of drug-likeness (QED) is 0.427. The first kappa shape index (κ1) is 11.6. The van der Waals surface area contributed by atoms with E-state index in [0.29, 0.717) is 0 Å². The average Bonchev–Trinajstić information content (AvgIpc) is 1.68. The monoisotopic (exact) mass is 152 g/mol. The molecular formula is C2H9MgO4P. The molecule has 0 atom stereocenters. The molecule has 6 heteroatoms. The minimum Gasteiger partial charge on any atom is -0.303 e. The normalized spacial score (nSPS) is 10.4. The SMILES string of the molecule is COP(=O)(O)OC.[MgH2]. The Hall–Kier alpha value is 0.876. The predicted octanol–water partition coefficient (Wildman–Crippen LogP) is -0.537. The molecule has 0 aromatic heterocycles. The van der Waals surface area contributed by atoms with E-state index in [0.717, 1.165) is 14.2 Å². The molecule has 0 bridgehead atoms. The van der Waals surface area contributed by atoms with Gasteiger partial charge in [-0.3, -0.25) is 9.05 Å². The van der Waals surface area contributed by atoms with Gasteiger partial charge < -0.3 is 4.89 Å². The van der Waals surface area contributed by atoms with Crippen molar-refractivity contribution < 1.29 is 18.5 Å². The van der Waals surface area contributed by atoms with E-state index in [9.17, 15) is 4.57 Å². The van der Waals surface area contributed by atoms with Gasteiger partial charge in [-0.05, 0) is 0 Å². The summed E-state index contributed by atoms with van der Waals surface area (Å²) in [5.41, 5.74) is 0. The van der Waals surface area contributed by atoms with Crippen LogP contribution in [0.1, 0.15) is 0 Å². The summed E-state index contributed by atoms with van der Waals surface area (Å²) in [6, 6.07) is 0. The van der Waals surface area contributed by atoms with Crippen molar-refractivity contribution in [1.82, 2.24) is 0 Å². The van der Waals surface area contributed by atoms with Crippen molar-refractivity contribution in [3.8, 4) is 0 Å². The van der Waals surface area contributed by atoms with Crippen LogP contribution in [0.5, 0.6) is 0 Å². The van der Waals surface area contributed by atoms with Crippen LogP contribution in [0.3, 0.4) is 0 Å². The predicted molar refractivity (Wildman–Crippen MR) is 32.4 cm³/mol. The Labute approximate surface area is 63.9 Å². The summed E-state index contributed by atoms with van der Waals surface area (Å²) in [4.78, 5) is 8.24. The highest BCUT2D eigenvalue weighted by Gasteiger charge is 2.13. The lowest BCUT2D eigenvalue weighted by molar-refractivity contribution is 0.204. The van der Waals surface area contributed by atoms with Crippen molar-refractivity contribution in [3.63, 3.8) is 0 Å². The summed E-state index contributed by atoms with van der Waals surface area (Å²) in [5, 5.41) is 0. The molecule has 0 unspecified atom stereocenters. The van der Waals surface area contributed by atoms with Gasteiger partial charge in [-0.25, -0.2) is 4.57 Å². The highest BCUT2D eigenvalue weighted by Crippen LogP contribution is 2.40. The number of phosphoric ester groups is 1. The summed E-state index contributed by atoms with van der Waals surface area (Å²) in [7, 11) is -1.45. The van der Waals surface area contributed by atoms with Crippen LogP contribution in [0, 0.1) is 0 Å². The van der Waals surface area contributed by atoms with Crippen LogP contribution in [0.25, 0.3) is 0 Å². The molecule has 0 aromatic carbocycles. The number of phosphoric acid groups is 1. The summed E-state index contributed by atoms with van der Waals surface area (Å²) >= 11 is 0. The summed E-state index contributed by atoms with van der Waals surface area (Å²) in [6.07, 6.45) is 0. The van der Waals surface area contributed by atoms with E-state index in [1.165, 1.54) is 0 Å². The largest absolute Gasteiger partial charge is 0.471 e. The van der Waals surface area contributed by atoms with Crippen LogP contribution in [0.2, 0.25) is 0 Å². The Balaban J connectivity index is 0. The van der Waals surface area contributed by atoms with Gasteiger partial charge in [0.05, 0.1) is 0 Å². The van der Waals surface area contributed by atoms with Gasteiger partial charge >= 0.3 is 30.9 Å². The molecule has 0 saturated carbocycles. The molecular weight excluding hydrogens is 143 g/mol. The standard InChI is InChI=1S/C2H7O4P.Mg.2H/c1-5-7(3,4)6-2;;;/h1-2H3,(H,3,4);;;.